The van der Waals surface area contributed by atoms with Crippen LogP contribution in [0.3, 0.4) is 0 Å². The normalized spacial score (nSPS) is 12.7. The Morgan fingerprint density at radius 1 is 1.36 bits per heavy atom. The lowest BCUT2D eigenvalue weighted by Gasteiger charge is -2.26. The number of nitrogens with zero attached hydrogens (tertiary/aromatic N) is 5. The van der Waals surface area contributed by atoms with Crippen LogP contribution in [0.15, 0.2) is 42.6 Å². The molecule has 0 atom stereocenters. The number of hydrogen-bond donors (Lipinski definition) is 1. The van der Waals surface area contributed by atoms with E-state index in [9.17, 15) is 25.0 Å². The first kappa shape index (κ1) is 24.6. The number of carbonyl (C=O) groups is 2. The van der Waals surface area contributed by atoms with Crippen molar-refractivity contribution in [2.45, 2.75) is 26.4 Å². The van der Waals surface area contributed by atoms with E-state index in [0.717, 1.165) is 16.0 Å². The number of ether oxygens (including phenoxy) is 1. The van der Waals surface area contributed by atoms with E-state index in [4.69, 9.17) is 4.74 Å². The average Bonchev–Trinajstić information content (AvgIpc) is 3.42. The van der Waals surface area contributed by atoms with Crippen LogP contribution in [0.1, 0.15) is 27.4 Å². The first-order valence-corrected chi connectivity index (χ1v) is 11.9. The average molecular weight is 507 g/mol. The van der Waals surface area contributed by atoms with Crippen molar-refractivity contribution in [1.82, 2.24) is 14.5 Å². The van der Waals surface area contributed by atoms with Gasteiger partial charge in [-0.05, 0) is 28.5 Å². The van der Waals surface area contributed by atoms with Crippen molar-refractivity contribution in [1.29, 1.82) is 5.26 Å². The summed E-state index contributed by atoms with van der Waals surface area (Å²) < 4.78 is 6.71. The molecule has 1 aliphatic heterocycles. The SMILES string of the molecule is Cc1ncc([N+](=O)[O-])n1CCOC(=O)N1CCc2c(sc(NC(=O)C=Cc3ccccc3)c2C#N)C1. The smallest absolute Gasteiger partial charge is 0.410 e. The van der Waals surface area contributed by atoms with Gasteiger partial charge >= 0.3 is 11.9 Å². The molecule has 0 bridgehead atoms. The van der Waals surface area contributed by atoms with E-state index >= 15 is 0 Å². The van der Waals surface area contributed by atoms with Crippen molar-refractivity contribution in [3.05, 3.63) is 80.1 Å². The lowest BCUT2D eigenvalue weighted by molar-refractivity contribution is -0.392. The molecule has 0 aliphatic carbocycles. The molecule has 3 heterocycles. The summed E-state index contributed by atoms with van der Waals surface area (Å²) in [6, 6.07) is 11.6. The molecule has 1 N–H and O–H groups in total. The largest absolute Gasteiger partial charge is 0.445 e. The van der Waals surface area contributed by atoms with Crippen LogP contribution in [0.2, 0.25) is 0 Å². The number of imidazole rings is 1. The minimum absolute atomic E-state index is 0.0524. The Bertz CT molecular complexity index is 1370. The Hall–Kier alpha value is -4.50. The fourth-order valence-corrected chi connectivity index (χ4v) is 5.07. The predicted molar refractivity (Wildman–Crippen MR) is 132 cm³/mol. The zero-order chi connectivity index (χ0) is 25.7. The number of benzene rings is 1. The first-order chi connectivity index (χ1) is 17.4. The molecule has 36 heavy (non-hydrogen) atoms. The highest BCUT2D eigenvalue weighted by atomic mass is 32.1. The molecule has 184 valence electrons. The third kappa shape index (κ3) is 5.42. The fourth-order valence-electron chi connectivity index (χ4n) is 3.85. The van der Waals surface area contributed by atoms with Crippen LogP contribution in [0, 0.1) is 28.4 Å². The summed E-state index contributed by atoms with van der Waals surface area (Å²) in [7, 11) is 0. The lowest BCUT2D eigenvalue weighted by Crippen LogP contribution is -2.36. The van der Waals surface area contributed by atoms with Crippen molar-refractivity contribution >= 4 is 40.2 Å². The predicted octanol–water partition coefficient (Wildman–Crippen LogP) is 3.88. The van der Waals surface area contributed by atoms with E-state index in [0.29, 0.717) is 29.4 Å². The van der Waals surface area contributed by atoms with Gasteiger partial charge < -0.3 is 25.1 Å². The molecule has 0 unspecified atom stereocenters. The van der Waals surface area contributed by atoms with Gasteiger partial charge in [0.15, 0.2) is 5.82 Å². The second-order valence-corrected chi connectivity index (χ2v) is 9.02. The zero-order valence-electron chi connectivity index (χ0n) is 19.3. The number of amides is 2. The second-order valence-electron chi connectivity index (χ2n) is 7.91. The van der Waals surface area contributed by atoms with Gasteiger partial charge in [-0.3, -0.25) is 4.79 Å². The molecule has 0 spiro atoms. The van der Waals surface area contributed by atoms with Crippen molar-refractivity contribution in [3.63, 3.8) is 0 Å². The van der Waals surface area contributed by atoms with Crippen LogP contribution in [0.4, 0.5) is 15.6 Å². The van der Waals surface area contributed by atoms with Crippen LogP contribution < -0.4 is 5.32 Å². The second kappa shape index (κ2) is 10.8. The number of fused-ring (bicyclic) bond motifs is 1. The van der Waals surface area contributed by atoms with Gasteiger partial charge in [0.2, 0.25) is 5.91 Å². The molecule has 0 radical (unpaired) electrons. The standard InChI is InChI=1S/C24H22N6O5S/c1-16-26-14-22(30(33)34)29(16)11-12-35-24(32)28-10-9-18-19(13-25)23(36-20(18)15-28)27-21(31)8-7-17-5-3-2-4-6-17/h2-8,14H,9-12,15H2,1H3,(H,27,31). The number of aromatic nitrogens is 2. The first-order valence-electron chi connectivity index (χ1n) is 11.0. The molecule has 2 aromatic heterocycles. The Morgan fingerprint density at radius 3 is 2.86 bits per heavy atom. The Kier molecular flexibility index (Phi) is 7.41. The summed E-state index contributed by atoms with van der Waals surface area (Å²) in [5.74, 6) is -0.0627. The molecule has 0 saturated carbocycles. The van der Waals surface area contributed by atoms with E-state index in [1.54, 1.807) is 13.0 Å². The van der Waals surface area contributed by atoms with Crippen LogP contribution in [0.25, 0.3) is 6.08 Å². The highest BCUT2D eigenvalue weighted by Gasteiger charge is 2.28. The molecule has 0 saturated heterocycles. The zero-order valence-corrected chi connectivity index (χ0v) is 20.2. The van der Waals surface area contributed by atoms with Gasteiger partial charge in [-0.15, -0.1) is 11.3 Å². The topological polar surface area (TPSA) is 143 Å². The van der Waals surface area contributed by atoms with Crippen molar-refractivity contribution in [2.24, 2.45) is 0 Å². The van der Waals surface area contributed by atoms with Crippen LogP contribution in [-0.4, -0.2) is 44.5 Å². The number of nitriles is 1. The van der Waals surface area contributed by atoms with Crippen LogP contribution >= 0.6 is 11.3 Å². The summed E-state index contributed by atoms with van der Waals surface area (Å²) in [5.41, 5.74) is 2.11. The molecular formula is C24H22N6O5S. The quantitative estimate of drug-likeness (QED) is 0.291. The molecule has 11 nitrogen and oxygen atoms in total. The molecule has 3 aromatic rings. The minimum atomic E-state index is -0.552. The van der Waals surface area contributed by atoms with Gasteiger partial charge in [-0.1, -0.05) is 30.3 Å². The van der Waals surface area contributed by atoms with Crippen molar-refractivity contribution in [3.8, 4) is 6.07 Å². The molecular weight excluding hydrogens is 484 g/mol. The molecule has 1 aromatic carbocycles. The third-order valence-corrected chi connectivity index (χ3v) is 6.78. The third-order valence-electron chi connectivity index (χ3n) is 5.65. The molecule has 4 rings (SSSR count). The summed E-state index contributed by atoms with van der Waals surface area (Å²) in [6.45, 7) is 2.29. The van der Waals surface area contributed by atoms with Gasteiger partial charge in [-0.25, -0.2) is 14.3 Å². The maximum absolute atomic E-state index is 12.6. The molecule has 2 amide bonds. The number of nitrogens with one attached hydrogen (secondary N) is 1. The number of carbonyl (C=O) groups excluding carboxylic acids is 2. The van der Waals surface area contributed by atoms with Gasteiger partial charge in [0, 0.05) is 24.4 Å². The highest BCUT2D eigenvalue weighted by molar-refractivity contribution is 7.16. The van der Waals surface area contributed by atoms with E-state index in [1.165, 1.54) is 33.1 Å². The summed E-state index contributed by atoms with van der Waals surface area (Å²) in [6.07, 6.45) is 4.16. The maximum atomic E-state index is 12.6. The van der Waals surface area contributed by atoms with E-state index < -0.39 is 11.0 Å². The molecule has 12 heteroatoms. The number of thiophene rings is 1. The lowest BCUT2D eigenvalue weighted by atomic mass is 10.0. The summed E-state index contributed by atoms with van der Waals surface area (Å²) in [5, 5.41) is 24.0. The Morgan fingerprint density at radius 2 is 2.14 bits per heavy atom. The summed E-state index contributed by atoms with van der Waals surface area (Å²) in [4.78, 5) is 41.8. The fraction of sp³-hybridized carbons (Fsp3) is 0.250. The van der Waals surface area contributed by atoms with E-state index in [1.807, 2.05) is 30.3 Å². The number of aryl methyl sites for hydroxylation is 1. The molecule has 0 fully saturated rings. The van der Waals surface area contributed by atoms with Crippen molar-refractivity contribution in [2.75, 3.05) is 18.5 Å². The highest BCUT2D eigenvalue weighted by Crippen LogP contribution is 2.36. The van der Waals surface area contributed by atoms with Gasteiger partial charge in [0.25, 0.3) is 0 Å². The number of nitro groups is 1. The van der Waals surface area contributed by atoms with Crippen molar-refractivity contribution < 1.29 is 19.2 Å². The molecule has 1 aliphatic rings. The minimum Gasteiger partial charge on any atom is -0.445 e. The van der Waals surface area contributed by atoms with Crippen LogP contribution in [-0.2, 0) is 29.0 Å². The number of rotatable bonds is 7. The van der Waals surface area contributed by atoms with Gasteiger partial charge in [0.05, 0.1) is 12.1 Å². The number of hydrogen-bond acceptors (Lipinski definition) is 8. The van der Waals surface area contributed by atoms with Gasteiger partial charge in [0.1, 0.15) is 30.4 Å². The van der Waals surface area contributed by atoms with E-state index in [-0.39, 0.29) is 31.4 Å². The monoisotopic (exact) mass is 506 g/mol. The number of anilines is 1. The van der Waals surface area contributed by atoms with Crippen LogP contribution in [0.5, 0.6) is 0 Å². The van der Waals surface area contributed by atoms with Gasteiger partial charge in [-0.2, -0.15) is 5.26 Å². The Labute approximate surface area is 210 Å². The van der Waals surface area contributed by atoms with E-state index in [2.05, 4.69) is 16.4 Å². The Balaban J connectivity index is 1.37. The summed E-state index contributed by atoms with van der Waals surface area (Å²) >= 11 is 1.26. The maximum Gasteiger partial charge on any atom is 0.410 e.